The van der Waals surface area contributed by atoms with E-state index in [1.807, 2.05) is 0 Å². The maximum atomic E-state index is 2.38. The molecule has 24 heavy (non-hydrogen) atoms. The molecule has 0 saturated carbocycles. The summed E-state index contributed by atoms with van der Waals surface area (Å²) in [7, 11) is 2.16. The number of hydrogen-bond donors (Lipinski definition) is 0. The van der Waals surface area contributed by atoms with Crippen LogP contribution in [0.3, 0.4) is 0 Å². The molecule has 0 spiro atoms. The van der Waals surface area contributed by atoms with Gasteiger partial charge < -0.3 is 4.57 Å². The molecule has 3 aromatic rings. The summed E-state index contributed by atoms with van der Waals surface area (Å²) < 4.78 is 2.30. The highest BCUT2D eigenvalue weighted by molar-refractivity contribution is 5.86. The molecule has 3 rings (SSSR count). The first-order valence-corrected chi connectivity index (χ1v) is 9.43. The summed E-state index contributed by atoms with van der Waals surface area (Å²) in [5.41, 5.74) is 5.40. The fourth-order valence-corrected chi connectivity index (χ4v) is 3.56. The van der Waals surface area contributed by atoms with E-state index in [-0.39, 0.29) is 0 Å². The number of fused-ring (bicyclic) bond motifs is 1. The van der Waals surface area contributed by atoms with Gasteiger partial charge in [0.25, 0.3) is 0 Å². The summed E-state index contributed by atoms with van der Waals surface area (Å²) in [6, 6.07) is 20.0. The molecule has 0 aliphatic rings. The number of hydrogen-bond acceptors (Lipinski definition) is 0. The second-order valence-corrected chi connectivity index (χ2v) is 6.87. The van der Waals surface area contributed by atoms with Crippen molar-refractivity contribution in [1.29, 1.82) is 0 Å². The van der Waals surface area contributed by atoms with Gasteiger partial charge in [0.05, 0.1) is 0 Å². The molecule has 0 amide bonds. The second-order valence-electron chi connectivity index (χ2n) is 6.87. The number of rotatable bonds is 8. The molecule has 1 heteroatoms. The molecule has 126 valence electrons. The molecule has 2 aromatic carbocycles. The Labute approximate surface area is 146 Å². The third-order valence-electron chi connectivity index (χ3n) is 4.99. The number of nitrogens with zero attached hydrogens (tertiary/aromatic N) is 1. The van der Waals surface area contributed by atoms with E-state index in [9.17, 15) is 0 Å². The summed E-state index contributed by atoms with van der Waals surface area (Å²) >= 11 is 0. The first-order valence-electron chi connectivity index (χ1n) is 9.43. The van der Waals surface area contributed by atoms with Crippen LogP contribution in [0.1, 0.15) is 51.0 Å². The molecule has 1 aromatic heterocycles. The van der Waals surface area contributed by atoms with Gasteiger partial charge in [-0.25, -0.2) is 0 Å². The Morgan fingerprint density at radius 2 is 1.58 bits per heavy atom. The van der Waals surface area contributed by atoms with Crippen molar-refractivity contribution >= 4 is 10.9 Å². The third kappa shape index (κ3) is 3.90. The van der Waals surface area contributed by atoms with E-state index < -0.39 is 0 Å². The van der Waals surface area contributed by atoms with Crippen molar-refractivity contribution in [3.8, 4) is 11.3 Å². The Morgan fingerprint density at radius 3 is 2.42 bits per heavy atom. The SMILES string of the molecule is CCCCCCCCc1cccc(-c2cc3ccccc3n2C)c1. The first kappa shape index (κ1) is 16.8. The van der Waals surface area contributed by atoms with Crippen molar-refractivity contribution in [1.82, 2.24) is 4.57 Å². The van der Waals surface area contributed by atoms with E-state index in [1.54, 1.807) is 0 Å². The number of para-hydroxylation sites is 1. The number of aryl methyl sites for hydroxylation is 2. The average molecular weight is 319 g/mol. The second kappa shape index (κ2) is 8.19. The highest BCUT2D eigenvalue weighted by atomic mass is 14.9. The maximum Gasteiger partial charge on any atom is 0.0488 e. The Balaban J connectivity index is 1.69. The van der Waals surface area contributed by atoms with Crippen molar-refractivity contribution in [2.24, 2.45) is 7.05 Å². The highest BCUT2D eigenvalue weighted by Crippen LogP contribution is 2.28. The van der Waals surface area contributed by atoms with Crippen LogP contribution in [-0.4, -0.2) is 4.57 Å². The minimum absolute atomic E-state index is 1.20. The van der Waals surface area contributed by atoms with Crippen molar-refractivity contribution in [3.63, 3.8) is 0 Å². The zero-order valence-electron chi connectivity index (χ0n) is 15.1. The van der Waals surface area contributed by atoms with Gasteiger partial charge >= 0.3 is 0 Å². The van der Waals surface area contributed by atoms with E-state index in [0.717, 1.165) is 0 Å². The van der Waals surface area contributed by atoms with Crippen LogP contribution >= 0.6 is 0 Å². The minimum Gasteiger partial charge on any atom is -0.344 e. The number of unbranched alkanes of at least 4 members (excludes halogenated alkanes) is 5. The highest BCUT2D eigenvalue weighted by Gasteiger charge is 2.07. The van der Waals surface area contributed by atoms with Gasteiger partial charge in [-0.1, -0.05) is 75.4 Å². The predicted octanol–water partition coefficient (Wildman–Crippen LogP) is 6.75. The van der Waals surface area contributed by atoms with Gasteiger partial charge in [0.15, 0.2) is 0 Å². The smallest absolute Gasteiger partial charge is 0.0488 e. The Morgan fingerprint density at radius 1 is 0.792 bits per heavy atom. The summed E-state index contributed by atoms with van der Waals surface area (Å²) in [6.07, 6.45) is 9.36. The van der Waals surface area contributed by atoms with Gasteiger partial charge in [-0.05, 0) is 42.2 Å². The fourth-order valence-electron chi connectivity index (χ4n) is 3.56. The van der Waals surface area contributed by atoms with E-state index in [2.05, 4.69) is 73.1 Å². The molecule has 0 bridgehead atoms. The predicted molar refractivity (Wildman–Crippen MR) is 105 cm³/mol. The molecular formula is C23H29N. The average Bonchev–Trinajstić information content (AvgIpc) is 2.96. The Kier molecular flexibility index (Phi) is 5.74. The lowest BCUT2D eigenvalue weighted by molar-refractivity contribution is 0.607. The van der Waals surface area contributed by atoms with Crippen LogP contribution in [0.2, 0.25) is 0 Å². The number of aromatic nitrogens is 1. The largest absolute Gasteiger partial charge is 0.344 e. The molecule has 0 fully saturated rings. The molecule has 0 N–H and O–H groups in total. The van der Waals surface area contributed by atoms with Crippen molar-refractivity contribution < 1.29 is 0 Å². The van der Waals surface area contributed by atoms with Crippen LogP contribution in [0.4, 0.5) is 0 Å². The van der Waals surface area contributed by atoms with Crippen LogP contribution < -0.4 is 0 Å². The van der Waals surface area contributed by atoms with Crippen molar-refractivity contribution in [2.45, 2.75) is 51.9 Å². The summed E-state index contributed by atoms with van der Waals surface area (Å²) in [6.45, 7) is 2.28. The van der Waals surface area contributed by atoms with Gasteiger partial charge in [0, 0.05) is 23.6 Å². The van der Waals surface area contributed by atoms with Gasteiger partial charge in [-0.15, -0.1) is 0 Å². The molecule has 0 aliphatic carbocycles. The molecule has 0 atom stereocenters. The van der Waals surface area contributed by atoms with Gasteiger partial charge in [-0.3, -0.25) is 0 Å². The van der Waals surface area contributed by atoms with Gasteiger partial charge in [0.2, 0.25) is 0 Å². The van der Waals surface area contributed by atoms with E-state index in [4.69, 9.17) is 0 Å². The van der Waals surface area contributed by atoms with E-state index >= 15 is 0 Å². The standard InChI is InChI=1S/C23H29N/c1-3-4-5-6-7-8-12-19-13-11-15-20(17-19)23-18-21-14-9-10-16-22(21)24(23)2/h9-11,13-18H,3-8,12H2,1-2H3. The normalized spacial score (nSPS) is 11.2. The molecule has 0 unspecified atom stereocenters. The summed E-state index contributed by atoms with van der Waals surface area (Å²) in [4.78, 5) is 0. The van der Waals surface area contributed by atoms with Gasteiger partial charge in [0.1, 0.15) is 0 Å². The van der Waals surface area contributed by atoms with Crippen LogP contribution in [0.25, 0.3) is 22.2 Å². The monoisotopic (exact) mass is 319 g/mol. The lowest BCUT2D eigenvalue weighted by Crippen LogP contribution is -1.92. The lowest BCUT2D eigenvalue weighted by atomic mass is 10.0. The summed E-state index contributed by atoms with van der Waals surface area (Å²) in [5, 5.41) is 1.32. The summed E-state index contributed by atoms with van der Waals surface area (Å²) in [5.74, 6) is 0. The molecule has 0 aliphatic heterocycles. The zero-order chi connectivity index (χ0) is 16.8. The van der Waals surface area contributed by atoms with Crippen LogP contribution in [-0.2, 0) is 13.5 Å². The molecule has 0 radical (unpaired) electrons. The van der Waals surface area contributed by atoms with E-state index in [0.29, 0.717) is 0 Å². The minimum atomic E-state index is 1.20. The van der Waals surface area contributed by atoms with E-state index in [1.165, 1.54) is 72.7 Å². The van der Waals surface area contributed by atoms with Crippen LogP contribution in [0.5, 0.6) is 0 Å². The van der Waals surface area contributed by atoms with Crippen LogP contribution in [0, 0.1) is 0 Å². The van der Waals surface area contributed by atoms with Crippen molar-refractivity contribution in [3.05, 3.63) is 60.2 Å². The Bertz CT molecular complexity index is 782. The van der Waals surface area contributed by atoms with Crippen molar-refractivity contribution in [2.75, 3.05) is 0 Å². The molecular weight excluding hydrogens is 290 g/mol. The number of benzene rings is 2. The molecule has 1 heterocycles. The molecule has 0 saturated heterocycles. The molecule has 1 nitrogen and oxygen atoms in total. The zero-order valence-corrected chi connectivity index (χ0v) is 15.1. The lowest BCUT2D eigenvalue weighted by Gasteiger charge is -2.07. The quantitative estimate of drug-likeness (QED) is 0.405. The topological polar surface area (TPSA) is 4.93 Å². The van der Waals surface area contributed by atoms with Gasteiger partial charge in [-0.2, -0.15) is 0 Å². The van der Waals surface area contributed by atoms with Crippen LogP contribution in [0.15, 0.2) is 54.6 Å². The first-order chi connectivity index (χ1) is 11.8. The third-order valence-corrected chi connectivity index (χ3v) is 4.99. The Hall–Kier alpha value is -2.02. The fraction of sp³-hybridized carbons (Fsp3) is 0.391. The maximum absolute atomic E-state index is 2.38.